The van der Waals surface area contributed by atoms with Gasteiger partial charge >= 0.3 is 0 Å². The summed E-state index contributed by atoms with van der Waals surface area (Å²) in [7, 11) is 3.56. The zero-order valence-corrected chi connectivity index (χ0v) is 12.8. The van der Waals surface area contributed by atoms with Crippen LogP contribution in [0.3, 0.4) is 0 Å². The quantitative estimate of drug-likeness (QED) is 0.530. The number of rotatable bonds is 4. The summed E-state index contributed by atoms with van der Waals surface area (Å²) in [4.78, 5) is 17.1. The first-order chi connectivity index (χ1) is 9.92. The lowest BCUT2D eigenvalue weighted by Gasteiger charge is -2.04. The molecule has 0 saturated heterocycles. The molecule has 0 radical (unpaired) electrons. The van der Waals surface area contributed by atoms with Crippen LogP contribution in [0.25, 0.3) is 10.9 Å². The highest BCUT2D eigenvalue weighted by molar-refractivity contribution is 6.12. The van der Waals surface area contributed by atoms with Gasteiger partial charge in [0.25, 0.3) is 0 Å². The van der Waals surface area contributed by atoms with Gasteiger partial charge in [0.1, 0.15) is 11.6 Å². The first-order valence-corrected chi connectivity index (χ1v) is 6.88. The highest BCUT2D eigenvalue weighted by atomic mass is 16.1. The van der Waals surface area contributed by atoms with E-state index in [1.54, 1.807) is 19.0 Å². The fourth-order valence-electron chi connectivity index (χ4n) is 2.17. The number of benzene rings is 1. The average molecular weight is 281 g/mol. The van der Waals surface area contributed by atoms with Crippen LogP contribution < -0.4 is 0 Å². The molecule has 0 aliphatic rings. The van der Waals surface area contributed by atoms with Gasteiger partial charge in [0.15, 0.2) is 0 Å². The molecule has 0 unspecified atom stereocenters. The number of H-pyrrole nitrogens is 1. The molecule has 1 heterocycles. The Balaban J connectivity index is 2.43. The van der Waals surface area contributed by atoms with Crippen molar-refractivity contribution in [3.63, 3.8) is 0 Å². The lowest BCUT2D eigenvalue weighted by molar-refractivity contribution is 0.103. The Kier molecular flexibility index (Phi) is 4.13. The van der Waals surface area contributed by atoms with Gasteiger partial charge < -0.3 is 9.88 Å². The van der Waals surface area contributed by atoms with E-state index in [0.29, 0.717) is 11.6 Å². The molecule has 0 fully saturated rings. The molecule has 0 aliphatic heterocycles. The van der Waals surface area contributed by atoms with Gasteiger partial charge in [0.2, 0.25) is 5.78 Å². The summed E-state index contributed by atoms with van der Waals surface area (Å²) in [5, 5.41) is 10.1. The largest absolute Gasteiger partial charge is 0.382 e. The van der Waals surface area contributed by atoms with Gasteiger partial charge in [0, 0.05) is 31.2 Å². The lowest BCUT2D eigenvalue weighted by atomic mass is 10.0. The van der Waals surface area contributed by atoms with Gasteiger partial charge in [-0.25, -0.2) is 0 Å². The van der Waals surface area contributed by atoms with Crippen LogP contribution >= 0.6 is 0 Å². The molecule has 2 rings (SSSR count). The lowest BCUT2D eigenvalue weighted by Crippen LogP contribution is -2.09. The number of hydrogen-bond donors (Lipinski definition) is 1. The summed E-state index contributed by atoms with van der Waals surface area (Å²) in [6, 6.07) is 9.87. The fraction of sp³-hybridized carbons (Fsp3) is 0.294. The molecule has 4 nitrogen and oxygen atoms in total. The monoisotopic (exact) mass is 281 g/mol. The summed E-state index contributed by atoms with van der Waals surface area (Å²) in [6.07, 6.45) is 1.54. The number of nitrogens with zero attached hydrogens (tertiary/aromatic N) is 2. The van der Waals surface area contributed by atoms with Crippen LogP contribution in [-0.2, 0) is 0 Å². The highest BCUT2D eigenvalue weighted by Crippen LogP contribution is 2.23. The molecule has 1 aromatic carbocycles. The number of allylic oxidation sites excluding steroid dienone is 1. The Morgan fingerprint density at radius 3 is 2.62 bits per heavy atom. The van der Waals surface area contributed by atoms with E-state index in [1.807, 2.05) is 18.2 Å². The maximum Gasteiger partial charge on any atom is 0.221 e. The SMILES string of the molecule is CC(C)c1ccc2[nH]c(C(=O)C(C#N)=CN(C)C)cc2c1. The van der Waals surface area contributed by atoms with Crippen molar-refractivity contribution in [2.75, 3.05) is 14.1 Å². The Hall–Kier alpha value is -2.54. The predicted molar refractivity (Wildman–Crippen MR) is 84.1 cm³/mol. The van der Waals surface area contributed by atoms with Gasteiger partial charge in [0.05, 0.1) is 5.69 Å². The van der Waals surface area contributed by atoms with Crippen molar-refractivity contribution in [1.82, 2.24) is 9.88 Å². The van der Waals surface area contributed by atoms with Crippen LogP contribution in [0.1, 0.15) is 35.8 Å². The fourth-order valence-corrected chi connectivity index (χ4v) is 2.17. The predicted octanol–water partition coefficient (Wildman–Crippen LogP) is 3.44. The molecule has 0 spiro atoms. The smallest absolute Gasteiger partial charge is 0.221 e. The number of nitriles is 1. The minimum Gasteiger partial charge on any atom is -0.382 e. The maximum atomic E-state index is 12.4. The second-order valence-corrected chi connectivity index (χ2v) is 5.63. The third-order valence-corrected chi connectivity index (χ3v) is 3.31. The van der Waals surface area contributed by atoms with Gasteiger partial charge in [-0.05, 0) is 29.7 Å². The summed E-state index contributed by atoms with van der Waals surface area (Å²) < 4.78 is 0. The Labute approximate surface area is 124 Å². The first-order valence-electron chi connectivity index (χ1n) is 6.88. The third-order valence-electron chi connectivity index (χ3n) is 3.31. The molecule has 108 valence electrons. The van der Waals surface area contributed by atoms with E-state index in [-0.39, 0.29) is 11.4 Å². The van der Waals surface area contributed by atoms with Crippen molar-refractivity contribution >= 4 is 16.7 Å². The van der Waals surface area contributed by atoms with Crippen LogP contribution in [-0.4, -0.2) is 29.8 Å². The van der Waals surface area contributed by atoms with Crippen LogP contribution in [0.5, 0.6) is 0 Å². The van der Waals surface area contributed by atoms with Gasteiger partial charge in [-0.15, -0.1) is 0 Å². The van der Waals surface area contributed by atoms with Crippen LogP contribution in [0.15, 0.2) is 36.0 Å². The van der Waals surface area contributed by atoms with E-state index < -0.39 is 0 Å². The Morgan fingerprint density at radius 2 is 2.05 bits per heavy atom. The van der Waals surface area contributed by atoms with Gasteiger partial charge in [-0.3, -0.25) is 4.79 Å². The van der Waals surface area contributed by atoms with E-state index in [2.05, 4.69) is 31.0 Å². The van der Waals surface area contributed by atoms with E-state index in [1.165, 1.54) is 11.8 Å². The number of aromatic nitrogens is 1. The Bertz CT molecular complexity index is 745. The van der Waals surface area contributed by atoms with Crippen molar-refractivity contribution in [2.24, 2.45) is 0 Å². The van der Waals surface area contributed by atoms with Crippen molar-refractivity contribution in [1.29, 1.82) is 5.26 Å². The number of hydrogen-bond acceptors (Lipinski definition) is 3. The molecule has 21 heavy (non-hydrogen) atoms. The number of fused-ring (bicyclic) bond motifs is 1. The van der Waals surface area contributed by atoms with Crippen molar-refractivity contribution in [3.8, 4) is 6.07 Å². The zero-order chi connectivity index (χ0) is 15.6. The highest BCUT2D eigenvalue weighted by Gasteiger charge is 2.15. The van der Waals surface area contributed by atoms with E-state index >= 15 is 0 Å². The summed E-state index contributed by atoms with van der Waals surface area (Å²) in [5.41, 5.74) is 2.70. The topological polar surface area (TPSA) is 59.9 Å². The number of nitrogens with one attached hydrogen (secondary N) is 1. The zero-order valence-electron chi connectivity index (χ0n) is 12.8. The van der Waals surface area contributed by atoms with Crippen LogP contribution in [0.2, 0.25) is 0 Å². The summed E-state index contributed by atoms with van der Waals surface area (Å²) in [5.74, 6) is 0.153. The minimum absolute atomic E-state index is 0.121. The number of ketones is 1. The van der Waals surface area contributed by atoms with Crippen LogP contribution in [0.4, 0.5) is 0 Å². The summed E-state index contributed by atoms with van der Waals surface area (Å²) in [6.45, 7) is 4.26. The van der Waals surface area contributed by atoms with Crippen molar-refractivity contribution < 1.29 is 4.79 Å². The molecule has 1 N–H and O–H groups in total. The molecule has 0 saturated carbocycles. The molecular formula is C17H19N3O. The van der Waals surface area contributed by atoms with E-state index in [9.17, 15) is 4.79 Å². The summed E-state index contributed by atoms with van der Waals surface area (Å²) >= 11 is 0. The molecule has 4 heteroatoms. The second-order valence-electron chi connectivity index (χ2n) is 5.63. The first kappa shape index (κ1) is 14.9. The number of carbonyl (C=O) groups is 1. The second kappa shape index (κ2) is 5.84. The van der Waals surface area contributed by atoms with E-state index in [0.717, 1.165) is 10.9 Å². The van der Waals surface area contributed by atoms with Crippen molar-refractivity contribution in [2.45, 2.75) is 19.8 Å². The molecular weight excluding hydrogens is 262 g/mol. The normalized spacial score (nSPS) is 11.7. The van der Waals surface area contributed by atoms with E-state index in [4.69, 9.17) is 5.26 Å². The standard InChI is InChI=1S/C17H19N3O/c1-11(2)12-5-6-15-13(7-12)8-16(19-15)17(21)14(9-18)10-20(3)4/h5-8,10-11,19H,1-4H3. The number of carbonyl (C=O) groups excluding carboxylic acids is 1. The van der Waals surface area contributed by atoms with Crippen LogP contribution in [0, 0.1) is 11.3 Å². The van der Waals surface area contributed by atoms with Crippen molar-refractivity contribution in [3.05, 3.63) is 47.3 Å². The molecule has 2 aromatic rings. The average Bonchev–Trinajstić information content (AvgIpc) is 2.86. The molecule has 0 atom stereocenters. The molecule has 0 amide bonds. The molecule has 0 bridgehead atoms. The minimum atomic E-state index is -0.284. The Morgan fingerprint density at radius 1 is 1.33 bits per heavy atom. The molecule has 0 aliphatic carbocycles. The maximum absolute atomic E-state index is 12.4. The molecule has 1 aromatic heterocycles. The van der Waals surface area contributed by atoms with Gasteiger partial charge in [-0.1, -0.05) is 19.9 Å². The third kappa shape index (κ3) is 3.14. The van der Waals surface area contributed by atoms with Gasteiger partial charge in [-0.2, -0.15) is 5.26 Å². The number of aromatic amines is 1. The number of Topliss-reactive ketones (excluding diaryl/α,β-unsaturated/α-hetero) is 1.